The number of rotatable bonds is 7. The van der Waals surface area contributed by atoms with E-state index in [1.54, 1.807) is 49.4 Å². The summed E-state index contributed by atoms with van der Waals surface area (Å²) in [7, 11) is -3.97. The number of sulfonamides is 1. The monoisotopic (exact) mass is 448 g/mol. The summed E-state index contributed by atoms with van der Waals surface area (Å²) >= 11 is 5.83. The van der Waals surface area contributed by atoms with E-state index in [2.05, 4.69) is 10.0 Å². The second kappa shape index (κ2) is 9.15. The zero-order chi connectivity index (χ0) is 21.7. The first-order valence-corrected chi connectivity index (χ1v) is 10.7. The van der Waals surface area contributed by atoms with Gasteiger partial charge in [0.25, 0.3) is 15.9 Å². The molecule has 1 unspecified atom stereocenters. The van der Waals surface area contributed by atoms with Crippen molar-refractivity contribution in [1.82, 2.24) is 0 Å². The Morgan fingerprint density at radius 2 is 1.57 bits per heavy atom. The zero-order valence-electron chi connectivity index (χ0n) is 15.8. The highest BCUT2D eigenvalue weighted by atomic mass is 35.5. The molecule has 0 spiro atoms. The van der Waals surface area contributed by atoms with Gasteiger partial charge in [0.1, 0.15) is 11.6 Å². The lowest BCUT2D eigenvalue weighted by molar-refractivity contribution is -0.122. The van der Waals surface area contributed by atoms with Gasteiger partial charge in [-0.15, -0.1) is 0 Å². The first kappa shape index (κ1) is 21.6. The zero-order valence-corrected chi connectivity index (χ0v) is 17.4. The number of nitrogens with one attached hydrogen (secondary N) is 2. The number of benzene rings is 3. The van der Waals surface area contributed by atoms with Crippen LogP contribution in [-0.2, 0) is 14.8 Å². The SMILES string of the molecule is CC(Oc1ccc(Cl)cc1)C(=O)Nc1ccccc1NS(=O)(=O)c1ccc(F)cc1. The predicted octanol–water partition coefficient (Wildman–Crippen LogP) is 4.69. The molecule has 0 fully saturated rings. The van der Waals surface area contributed by atoms with Gasteiger partial charge in [0, 0.05) is 5.02 Å². The second-order valence-electron chi connectivity index (χ2n) is 6.31. The first-order chi connectivity index (χ1) is 14.2. The Kier molecular flexibility index (Phi) is 6.59. The lowest BCUT2D eigenvalue weighted by Gasteiger charge is -2.17. The van der Waals surface area contributed by atoms with Crippen molar-refractivity contribution < 1.29 is 22.3 Å². The molecule has 0 aromatic heterocycles. The van der Waals surface area contributed by atoms with Crippen LogP contribution in [0.3, 0.4) is 0 Å². The second-order valence-corrected chi connectivity index (χ2v) is 8.43. The Hall–Kier alpha value is -3.10. The molecule has 2 N–H and O–H groups in total. The van der Waals surface area contributed by atoms with Crippen LogP contribution >= 0.6 is 11.6 Å². The molecule has 0 radical (unpaired) electrons. The molecule has 3 aromatic rings. The van der Waals surface area contributed by atoms with E-state index >= 15 is 0 Å². The molecule has 156 valence electrons. The summed E-state index contributed by atoms with van der Waals surface area (Å²) in [6.07, 6.45) is -0.854. The molecular weight excluding hydrogens is 431 g/mol. The standard InChI is InChI=1S/C21H18ClFN2O4S/c1-14(29-17-10-6-15(22)7-11-17)21(26)24-19-4-2-3-5-20(19)25-30(27,28)18-12-8-16(23)9-13-18/h2-14,25H,1H3,(H,24,26). The molecule has 0 bridgehead atoms. The average molecular weight is 449 g/mol. The molecule has 0 aliphatic heterocycles. The van der Waals surface area contributed by atoms with Gasteiger partial charge in [-0.2, -0.15) is 0 Å². The molecule has 0 aliphatic rings. The van der Waals surface area contributed by atoms with Crippen LogP contribution in [0.4, 0.5) is 15.8 Å². The summed E-state index contributed by atoms with van der Waals surface area (Å²) in [4.78, 5) is 12.4. The third-order valence-electron chi connectivity index (χ3n) is 4.05. The number of hydrogen-bond donors (Lipinski definition) is 2. The van der Waals surface area contributed by atoms with E-state index in [0.29, 0.717) is 10.8 Å². The van der Waals surface area contributed by atoms with Crippen LogP contribution < -0.4 is 14.8 Å². The number of anilines is 2. The van der Waals surface area contributed by atoms with Crippen molar-refractivity contribution in [3.05, 3.63) is 83.6 Å². The molecule has 1 atom stereocenters. The van der Waals surface area contributed by atoms with Crippen molar-refractivity contribution in [2.24, 2.45) is 0 Å². The smallest absolute Gasteiger partial charge is 0.265 e. The number of para-hydroxylation sites is 2. The molecular formula is C21H18ClFN2O4S. The molecule has 9 heteroatoms. The van der Waals surface area contributed by atoms with Crippen LogP contribution in [0.25, 0.3) is 0 Å². The highest BCUT2D eigenvalue weighted by molar-refractivity contribution is 7.92. The molecule has 6 nitrogen and oxygen atoms in total. The molecule has 30 heavy (non-hydrogen) atoms. The van der Waals surface area contributed by atoms with E-state index in [1.807, 2.05) is 0 Å². The summed E-state index contributed by atoms with van der Waals surface area (Å²) in [5.74, 6) is -0.554. The molecule has 0 aliphatic carbocycles. The maximum Gasteiger partial charge on any atom is 0.265 e. The fourth-order valence-electron chi connectivity index (χ4n) is 2.50. The van der Waals surface area contributed by atoms with Crippen molar-refractivity contribution in [2.45, 2.75) is 17.9 Å². The highest BCUT2D eigenvalue weighted by Gasteiger charge is 2.19. The topological polar surface area (TPSA) is 84.5 Å². The summed E-state index contributed by atoms with van der Waals surface area (Å²) in [6, 6.07) is 17.3. The minimum atomic E-state index is -3.97. The van der Waals surface area contributed by atoms with E-state index in [0.717, 1.165) is 24.3 Å². The largest absolute Gasteiger partial charge is 0.481 e. The van der Waals surface area contributed by atoms with Gasteiger partial charge in [-0.1, -0.05) is 23.7 Å². The fraction of sp³-hybridized carbons (Fsp3) is 0.0952. The van der Waals surface area contributed by atoms with E-state index in [-0.39, 0.29) is 16.3 Å². The van der Waals surface area contributed by atoms with Crippen molar-refractivity contribution in [2.75, 3.05) is 10.0 Å². The van der Waals surface area contributed by atoms with Gasteiger partial charge in [-0.05, 0) is 67.6 Å². The van der Waals surface area contributed by atoms with Gasteiger partial charge in [0.05, 0.1) is 16.3 Å². The number of halogens is 2. The van der Waals surface area contributed by atoms with E-state index < -0.39 is 27.9 Å². The van der Waals surface area contributed by atoms with Crippen molar-refractivity contribution in [3.63, 3.8) is 0 Å². The summed E-state index contributed by atoms with van der Waals surface area (Å²) in [6.45, 7) is 1.56. The van der Waals surface area contributed by atoms with Gasteiger partial charge in [-0.3, -0.25) is 9.52 Å². The Balaban J connectivity index is 1.73. The van der Waals surface area contributed by atoms with Crippen molar-refractivity contribution in [1.29, 1.82) is 0 Å². The molecule has 3 rings (SSSR count). The third kappa shape index (κ3) is 5.49. The van der Waals surface area contributed by atoms with Crippen LogP contribution in [-0.4, -0.2) is 20.4 Å². The van der Waals surface area contributed by atoms with E-state index in [1.165, 1.54) is 6.07 Å². The first-order valence-electron chi connectivity index (χ1n) is 8.85. The van der Waals surface area contributed by atoms with Crippen molar-refractivity contribution in [3.8, 4) is 5.75 Å². The normalized spacial score (nSPS) is 12.1. The molecule has 0 saturated carbocycles. The van der Waals surface area contributed by atoms with Gasteiger partial charge in [-0.25, -0.2) is 12.8 Å². The van der Waals surface area contributed by atoms with Crippen LogP contribution in [0.1, 0.15) is 6.92 Å². The Morgan fingerprint density at radius 1 is 0.967 bits per heavy atom. The van der Waals surface area contributed by atoms with E-state index in [4.69, 9.17) is 16.3 Å². The molecule has 0 saturated heterocycles. The van der Waals surface area contributed by atoms with Gasteiger partial charge in [0.2, 0.25) is 0 Å². The predicted molar refractivity (Wildman–Crippen MR) is 114 cm³/mol. The van der Waals surface area contributed by atoms with Crippen LogP contribution in [0.15, 0.2) is 77.7 Å². The summed E-state index contributed by atoms with van der Waals surface area (Å²) in [5, 5.41) is 3.19. The number of amides is 1. The average Bonchev–Trinajstić information content (AvgIpc) is 2.71. The van der Waals surface area contributed by atoms with Gasteiger partial charge < -0.3 is 10.1 Å². The maximum atomic E-state index is 13.1. The lowest BCUT2D eigenvalue weighted by Crippen LogP contribution is -2.30. The number of hydrogen-bond acceptors (Lipinski definition) is 4. The quantitative estimate of drug-likeness (QED) is 0.549. The Morgan fingerprint density at radius 3 is 2.20 bits per heavy atom. The number of ether oxygens (including phenoxy) is 1. The highest BCUT2D eigenvalue weighted by Crippen LogP contribution is 2.25. The minimum Gasteiger partial charge on any atom is -0.481 e. The number of carbonyl (C=O) groups is 1. The third-order valence-corrected chi connectivity index (χ3v) is 5.68. The molecule has 3 aromatic carbocycles. The Labute approximate surface area is 178 Å². The lowest BCUT2D eigenvalue weighted by atomic mass is 10.2. The van der Waals surface area contributed by atoms with Crippen LogP contribution in [0.2, 0.25) is 5.02 Å². The summed E-state index contributed by atoms with van der Waals surface area (Å²) < 4.78 is 46.2. The molecule has 0 heterocycles. The van der Waals surface area contributed by atoms with Gasteiger partial charge in [0.15, 0.2) is 6.10 Å². The van der Waals surface area contributed by atoms with E-state index in [9.17, 15) is 17.6 Å². The van der Waals surface area contributed by atoms with Crippen LogP contribution in [0, 0.1) is 5.82 Å². The van der Waals surface area contributed by atoms with Crippen LogP contribution in [0.5, 0.6) is 5.75 Å². The minimum absolute atomic E-state index is 0.107. The fourth-order valence-corrected chi connectivity index (χ4v) is 3.71. The Bertz CT molecular complexity index is 1140. The molecule has 1 amide bonds. The summed E-state index contributed by atoms with van der Waals surface area (Å²) in [5.41, 5.74) is 0.411. The van der Waals surface area contributed by atoms with Crippen molar-refractivity contribution >= 4 is 38.9 Å². The number of carbonyl (C=O) groups excluding carboxylic acids is 1. The maximum absolute atomic E-state index is 13.1. The van der Waals surface area contributed by atoms with Gasteiger partial charge >= 0.3 is 0 Å².